The molecular weight excluding hydrogens is 421 g/mol. The molecule has 0 aliphatic rings. The summed E-state index contributed by atoms with van der Waals surface area (Å²) in [5.74, 6) is -1.49. The van der Waals surface area contributed by atoms with Crippen molar-refractivity contribution in [3.63, 3.8) is 0 Å². The standard InChI is InChI=1S/C22H28FN3O4S/c1-4-20(22(28)24-5-2)25(15-17-10-7-6-8-11-17)21(27)16-26(31(3,29)30)19-13-9-12-18(23)14-19/h6-14,20H,4-5,15-16H2,1-3H3,(H,24,28). The Balaban J connectivity index is 2.40. The van der Waals surface area contributed by atoms with Gasteiger partial charge in [0.15, 0.2) is 0 Å². The summed E-state index contributed by atoms with van der Waals surface area (Å²) in [4.78, 5) is 27.3. The van der Waals surface area contributed by atoms with E-state index in [2.05, 4.69) is 5.32 Å². The normalized spacial score (nSPS) is 12.1. The zero-order chi connectivity index (χ0) is 23.0. The van der Waals surface area contributed by atoms with E-state index in [0.717, 1.165) is 22.2 Å². The predicted molar refractivity (Wildman–Crippen MR) is 118 cm³/mol. The SMILES string of the molecule is CCNC(=O)C(CC)N(Cc1ccccc1)C(=O)CN(c1cccc(F)c1)S(C)(=O)=O. The summed E-state index contributed by atoms with van der Waals surface area (Å²) in [6, 6.07) is 13.4. The predicted octanol–water partition coefficient (Wildman–Crippen LogP) is 2.54. The number of likely N-dealkylation sites (N-methyl/N-ethyl adjacent to an activating group) is 1. The second-order valence-corrected chi connectivity index (χ2v) is 8.98. The maximum absolute atomic E-state index is 13.7. The molecule has 2 amide bonds. The van der Waals surface area contributed by atoms with E-state index in [1.165, 1.54) is 23.1 Å². The molecule has 0 fully saturated rings. The van der Waals surface area contributed by atoms with E-state index in [4.69, 9.17) is 0 Å². The molecule has 168 valence electrons. The van der Waals surface area contributed by atoms with Gasteiger partial charge in [0.2, 0.25) is 21.8 Å². The van der Waals surface area contributed by atoms with Crippen LogP contribution in [0.2, 0.25) is 0 Å². The van der Waals surface area contributed by atoms with Crippen LogP contribution in [-0.2, 0) is 26.2 Å². The first-order valence-corrected chi connectivity index (χ1v) is 11.9. The zero-order valence-corrected chi connectivity index (χ0v) is 18.7. The van der Waals surface area contributed by atoms with Crippen molar-refractivity contribution in [3.05, 3.63) is 66.0 Å². The largest absolute Gasteiger partial charge is 0.355 e. The van der Waals surface area contributed by atoms with Gasteiger partial charge >= 0.3 is 0 Å². The van der Waals surface area contributed by atoms with Crippen molar-refractivity contribution in [1.82, 2.24) is 10.2 Å². The number of hydrogen-bond donors (Lipinski definition) is 1. The summed E-state index contributed by atoms with van der Waals surface area (Å²) >= 11 is 0. The smallest absolute Gasteiger partial charge is 0.244 e. The molecule has 2 aromatic rings. The third kappa shape index (κ3) is 6.78. The monoisotopic (exact) mass is 449 g/mol. The number of sulfonamides is 1. The van der Waals surface area contributed by atoms with Gasteiger partial charge in [0.05, 0.1) is 11.9 Å². The molecule has 9 heteroatoms. The summed E-state index contributed by atoms with van der Waals surface area (Å²) < 4.78 is 39.3. The minimum absolute atomic E-state index is 0.0431. The minimum Gasteiger partial charge on any atom is -0.355 e. The highest BCUT2D eigenvalue weighted by atomic mass is 32.2. The number of halogens is 1. The molecule has 0 bridgehead atoms. The Hall–Kier alpha value is -2.94. The first kappa shape index (κ1) is 24.3. The van der Waals surface area contributed by atoms with Gasteiger partial charge < -0.3 is 10.2 Å². The lowest BCUT2D eigenvalue weighted by molar-refractivity contribution is -0.140. The molecule has 0 radical (unpaired) electrons. The second-order valence-electron chi connectivity index (χ2n) is 7.08. The number of benzene rings is 2. The summed E-state index contributed by atoms with van der Waals surface area (Å²) in [7, 11) is -3.88. The number of carbonyl (C=O) groups is 2. The van der Waals surface area contributed by atoms with Crippen molar-refractivity contribution in [2.45, 2.75) is 32.9 Å². The average Bonchev–Trinajstić information content (AvgIpc) is 2.71. The Morgan fingerprint density at radius 1 is 1.06 bits per heavy atom. The number of nitrogens with one attached hydrogen (secondary N) is 1. The molecule has 1 N–H and O–H groups in total. The number of hydrogen-bond acceptors (Lipinski definition) is 4. The molecule has 0 saturated heterocycles. The molecule has 0 aromatic heterocycles. The molecule has 0 spiro atoms. The second kappa shape index (κ2) is 10.9. The van der Waals surface area contributed by atoms with Crippen LogP contribution in [-0.4, -0.2) is 50.5 Å². The number of rotatable bonds is 10. The van der Waals surface area contributed by atoms with Crippen LogP contribution in [0.15, 0.2) is 54.6 Å². The Morgan fingerprint density at radius 3 is 2.29 bits per heavy atom. The van der Waals surface area contributed by atoms with E-state index in [9.17, 15) is 22.4 Å². The lowest BCUT2D eigenvalue weighted by Crippen LogP contribution is -2.52. The summed E-state index contributed by atoms with van der Waals surface area (Å²) in [6.07, 6.45) is 1.30. The highest BCUT2D eigenvalue weighted by Gasteiger charge is 2.31. The molecule has 0 heterocycles. The maximum atomic E-state index is 13.7. The van der Waals surface area contributed by atoms with Crippen LogP contribution in [0.3, 0.4) is 0 Å². The molecule has 7 nitrogen and oxygen atoms in total. The Bertz CT molecular complexity index is 999. The van der Waals surface area contributed by atoms with Crippen LogP contribution >= 0.6 is 0 Å². The number of nitrogens with zero attached hydrogens (tertiary/aromatic N) is 2. The van der Waals surface area contributed by atoms with E-state index in [1.807, 2.05) is 30.3 Å². The van der Waals surface area contributed by atoms with Crippen LogP contribution in [0.4, 0.5) is 10.1 Å². The van der Waals surface area contributed by atoms with E-state index in [1.54, 1.807) is 13.8 Å². The lowest BCUT2D eigenvalue weighted by Gasteiger charge is -2.32. The van der Waals surface area contributed by atoms with Crippen molar-refractivity contribution in [3.8, 4) is 0 Å². The van der Waals surface area contributed by atoms with E-state index in [-0.39, 0.29) is 18.1 Å². The molecule has 0 saturated carbocycles. The lowest BCUT2D eigenvalue weighted by atomic mass is 10.1. The number of amides is 2. The van der Waals surface area contributed by atoms with Gasteiger partial charge in [0.25, 0.3) is 0 Å². The molecule has 0 aliphatic heterocycles. The van der Waals surface area contributed by atoms with Gasteiger partial charge in [0.1, 0.15) is 18.4 Å². The van der Waals surface area contributed by atoms with Gasteiger partial charge in [-0.2, -0.15) is 0 Å². The van der Waals surface area contributed by atoms with Crippen molar-refractivity contribution in [2.75, 3.05) is 23.7 Å². The first-order chi connectivity index (χ1) is 14.7. The highest BCUT2D eigenvalue weighted by molar-refractivity contribution is 7.92. The van der Waals surface area contributed by atoms with Gasteiger partial charge in [0, 0.05) is 13.1 Å². The molecule has 1 unspecified atom stereocenters. The van der Waals surface area contributed by atoms with Crippen LogP contribution in [0.5, 0.6) is 0 Å². The molecule has 1 atom stereocenters. The molecule has 31 heavy (non-hydrogen) atoms. The van der Waals surface area contributed by atoms with Crippen molar-refractivity contribution >= 4 is 27.5 Å². The van der Waals surface area contributed by atoms with E-state index >= 15 is 0 Å². The van der Waals surface area contributed by atoms with Gasteiger partial charge in [-0.3, -0.25) is 13.9 Å². The summed E-state index contributed by atoms with van der Waals surface area (Å²) in [5, 5.41) is 2.73. The van der Waals surface area contributed by atoms with Crippen molar-refractivity contribution in [1.29, 1.82) is 0 Å². The quantitative estimate of drug-likeness (QED) is 0.604. The van der Waals surface area contributed by atoms with Gasteiger partial charge in [-0.1, -0.05) is 43.3 Å². The number of anilines is 1. The Morgan fingerprint density at radius 2 is 1.74 bits per heavy atom. The molecule has 2 aromatic carbocycles. The fourth-order valence-corrected chi connectivity index (χ4v) is 4.08. The van der Waals surface area contributed by atoms with E-state index in [0.29, 0.717) is 13.0 Å². The topological polar surface area (TPSA) is 86.8 Å². The minimum atomic E-state index is -3.88. The van der Waals surface area contributed by atoms with Crippen LogP contribution in [0.1, 0.15) is 25.8 Å². The molecular formula is C22H28FN3O4S. The van der Waals surface area contributed by atoms with Crippen molar-refractivity contribution < 1.29 is 22.4 Å². The third-order valence-electron chi connectivity index (χ3n) is 4.71. The van der Waals surface area contributed by atoms with E-state index < -0.39 is 34.3 Å². The third-order valence-corrected chi connectivity index (χ3v) is 5.85. The first-order valence-electron chi connectivity index (χ1n) is 10.0. The van der Waals surface area contributed by atoms with Crippen LogP contribution in [0, 0.1) is 5.82 Å². The average molecular weight is 450 g/mol. The van der Waals surface area contributed by atoms with Gasteiger partial charge in [-0.25, -0.2) is 12.8 Å². The Kier molecular flexibility index (Phi) is 8.56. The van der Waals surface area contributed by atoms with Crippen molar-refractivity contribution in [2.24, 2.45) is 0 Å². The van der Waals surface area contributed by atoms with Gasteiger partial charge in [-0.15, -0.1) is 0 Å². The Labute approximate surface area is 182 Å². The maximum Gasteiger partial charge on any atom is 0.244 e. The van der Waals surface area contributed by atoms with Gasteiger partial charge in [-0.05, 0) is 37.1 Å². The molecule has 2 rings (SSSR count). The number of carbonyl (C=O) groups excluding carboxylic acids is 2. The van der Waals surface area contributed by atoms with Crippen LogP contribution < -0.4 is 9.62 Å². The zero-order valence-electron chi connectivity index (χ0n) is 17.9. The fourth-order valence-electron chi connectivity index (χ4n) is 3.24. The van der Waals surface area contributed by atoms with Crippen LogP contribution in [0.25, 0.3) is 0 Å². The highest BCUT2D eigenvalue weighted by Crippen LogP contribution is 2.20. The summed E-state index contributed by atoms with van der Waals surface area (Å²) in [5.41, 5.74) is 0.844. The fraction of sp³-hybridized carbons (Fsp3) is 0.364. The summed E-state index contributed by atoms with van der Waals surface area (Å²) in [6.45, 7) is 3.55. The molecule has 0 aliphatic carbocycles.